The average Bonchev–Trinajstić information content (AvgIpc) is 3.83. The van der Waals surface area contributed by atoms with Gasteiger partial charge in [-0.25, -0.2) is 19.8 Å². The molecule has 0 aliphatic heterocycles. The summed E-state index contributed by atoms with van der Waals surface area (Å²) in [7, 11) is 0. The van der Waals surface area contributed by atoms with Crippen molar-refractivity contribution in [1.29, 1.82) is 0 Å². The molecule has 13 aromatic rings. The fourth-order valence-electron chi connectivity index (χ4n) is 11.1. The molecule has 0 N–H and O–H groups in total. The molecule has 0 saturated heterocycles. The summed E-state index contributed by atoms with van der Waals surface area (Å²) in [6, 6.07) is 90.0. The molecule has 1 heterocycles. The molecule has 0 unspecified atom stereocenters. The van der Waals surface area contributed by atoms with Gasteiger partial charge in [0.15, 0.2) is 23.2 Å². The summed E-state index contributed by atoms with van der Waals surface area (Å²) in [5, 5.41) is 7.40. The summed E-state index contributed by atoms with van der Waals surface area (Å²) in [6.07, 6.45) is 0. The summed E-state index contributed by atoms with van der Waals surface area (Å²) in [5.74, 6) is 1.82. The lowest BCUT2D eigenvalue weighted by Gasteiger charge is -2.15. The van der Waals surface area contributed by atoms with Gasteiger partial charge in [-0.1, -0.05) is 212 Å². The summed E-state index contributed by atoms with van der Waals surface area (Å²) in [4.78, 5) is 19.5. The average molecular weight is 939 g/mol. The van der Waals surface area contributed by atoms with Gasteiger partial charge in [0.25, 0.3) is 0 Å². The smallest absolute Gasteiger partial charge is 0.188 e. The maximum Gasteiger partial charge on any atom is 0.188 e. The minimum Gasteiger partial charge on any atom is -0.238 e. The third-order valence-corrected chi connectivity index (χ3v) is 14.6. The summed E-state index contributed by atoms with van der Waals surface area (Å²) in [6.45, 7) is 8.12. The number of hydrogen-bond donors (Lipinski definition) is 0. The Bertz CT molecular complexity index is 4430. The predicted octanol–water partition coefficient (Wildman–Crippen LogP) is 18.9. The van der Waals surface area contributed by atoms with Crippen molar-refractivity contribution >= 4 is 38.0 Å². The molecule has 1 aliphatic carbocycles. The molecule has 4 nitrogen and oxygen atoms in total. The maximum atomic E-state index is 8.12. The van der Waals surface area contributed by atoms with Crippen molar-refractivity contribution in [3.63, 3.8) is 0 Å². The molecule has 14 rings (SSSR count). The minimum atomic E-state index is 0.597. The topological polar surface area (TPSA) is 43.0 Å². The third kappa shape index (κ3) is 7.43. The summed E-state index contributed by atoms with van der Waals surface area (Å²) in [5.41, 5.74) is 19.2. The van der Waals surface area contributed by atoms with Gasteiger partial charge in [0.2, 0.25) is 0 Å². The predicted molar refractivity (Wildman–Crippen MR) is 307 cm³/mol. The van der Waals surface area contributed by atoms with Crippen LogP contribution in [-0.2, 0) is 0 Å². The van der Waals surface area contributed by atoms with Crippen molar-refractivity contribution in [2.24, 2.45) is 0 Å². The first kappa shape index (κ1) is 42.8. The molecule has 74 heavy (non-hydrogen) atoms. The van der Waals surface area contributed by atoms with Crippen LogP contribution >= 0.6 is 0 Å². The molecule has 342 valence electrons. The third-order valence-electron chi connectivity index (χ3n) is 14.6. The highest BCUT2D eigenvalue weighted by molar-refractivity contribution is 6.16. The van der Waals surface area contributed by atoms with Gasteiger partial charge in [0, 0.05) is 16.7 Å². The minimum absolute atomic E-state index is 0.597. The van der Waals surface area contributed by atoms with Crippen LogP contribution < -0.4 is 0 Å². The van der Waals surface area contributed by atoms with Gasteiger partial charge in [-0.3, -0.25) is 0 Å². The first-order chi connectivity index (χ1) is 36.6. The van der Waals surface area contributed by atoms with Crippen LogP contribution in [0.5, 0.6) is 0 Å². The zero-order chi connectivity index (χ0) is 49.1. The number of fused-ring (bicyclic) bond motifs is 6. The summed E-state index contributed by atoms with van der Waals surface area (Å²) >= 11 is 0. The normalized spacial score (nSPS) is 11.5. The van der Waals surface area contributed by atoms with E-state index in [2.05, 4.69) is 217 Å². The zero-order valence-electron chi connectivity index (χ0n) is 40.0. The maximum absolute atomic E-state index is 8.12. The molecule has 12 aromatic carbocycles. The van der Waals surface area contributed by atoms with Crippen molar-refractivity contribution in [2.45, 2.75) is 0 Å². The van der Waals surface area contributed by atoms with E-state index >= 15 is 0 Å². The largest absolute Gasteiger partial charge is 0.238 e. The Hall–Kier alpha value is -10.1. The quantitative estimate of drug-likeness (QED) is 0.113. The standard InChI is InChI=1S/C70H42N4/c1-71-56-40-54(39-55(41-56)51-23-12-21-49(38-51)52-35-36-61-62-29-13-18-45-19-14-30-63(67(45)62)66(61)42-52)50-22-11-20-48(37-50)44-31-33-47(34-32-44)69-72-68(46-15-3-2-4-16-46)73-70(74-69)64-28-10-9-27-60(64)65-43-53-17-5-6-24-57(53)58-25-7-8-26-59(58)65/h2-43H. The lowest BCUT2D eigenvalue weighted by molar-refractivity contribution is 1.07. The lowest BCUT2D eigenvalue weighted by Crippen LogP contribution is -2.01. The van der Waals surface area contributed by atoms with Crippen LogP contribution in [0.3, 0.4) is 0 Å². The van der Waals surface area contributed by atoms with Gasteiger partial charge < -0.3 is 0 Å². The van der Waals surface area contributed by atoms with Crippen molar-refractivity contribution in [3.05, 3.63) is 266 Å². The van der Waals surface area contributed by atoms with Crippen molar-refractivity contribution in [1.82, 2.24) is 15.0 Å². The fourth-order valence-corrected chi connectivity index (χ4v) is 11.1. The number of rotatable bonds is 8. The Morgan fingerprint density at radius 3 is 1.39 bits per heavy atom. The van der Waals surface area contributed by atoms with Gasteiger partial charge in [0.05, 0.1) is 6.57 Å². The number of hydrogen-bond acceptors (Lipinski definition) is 3. The number of benzene rings is 12. The zero-order valence-corrected chi connectivity index (χ0v) is 40.0. The van der Waals surface area contributed by atoms with Crippen LogP contribution in [0.4, 0.5) is 5.69 Å². The van der Waals surface area contributed by atoms with Gasteiger partial charge >= 0.3 is 0 Å². The van der Waals surface area contributed by atoms with E-state index in [4.69, 9.17) is 21.5 Å². The number of nitrogens with zero attached hydrogens (tertiary/aromatic N) is 4. The van der Waals surface area contributed by atoms with Crippen molar-refractivity contribution in [3.8, 4) is 112 Å². The molecule has 4 heteroatoms. The molecule has 0 fully saturated rings. The van der Waals surface area contributed by atoms with Crippen LogP contribution in [0.2, 0.25) is 0 Å². The molecular formula is C70H42N4. The molecule has 0 radical (unpaired) electrons. The highest BCUT2D eigenvalue weighted by Crippen LogP contribution is 2.49. The second-order valence-corrected chi connectivity index (χ2v) is 19.0. The number of aromatic nitrogens is 3. The Morgan fingerprint density at radius 2 is 0.689 bits per heavy atom. The van der Waals surface area contributed by atoms with Gasteiger partial charge in [0.1, 0.15) is 0 Å². The van der Waals surface area contributed by atoms with Crippen LogP contribution in [0.1, 0.15) is 0 Å². The monoisotopic (exact) mass is 938 g/mol. The van der Waals surface area contributed by atoms with E-state index in [0.717, 1.165) is 66.8 Å². The Morgan fingerprint density at radius 1 is 0.243 bits per heavy atom. The van der Waals surface area contributed by atoms with Crippen molar-refractivity contribution in [2.75, 3.05) is 0 Å². The molecular weight excluding hydrogens is 897 g/mol. The Balaban J connectivity index is 0.795. The first-order valence-corrected chi connectivity index (χ1v) is 24.9. The Kier molecular flexibility index (Phi) is 10.2. The van der Waals surface area contributed by atoms with E-state index < -0.39 is 0 Å². The van der Waals surface area contributed by atoms with Crippen LogP contribution in [0.25, 0.3) is 149 Å². The van der Waals surface area contributed by atoms with Gasteiger partial charge in [-0.15, -0.1) is 0 Å². The molecule has 0 atom stereocenters. The van der Waals surface area contributed by atoms with Crippen LogP contribution in [0.15, 0.2) is 255 Å². The van der Waals surface area contributed by atoms with Crippen LogP contribution in [-0.4, -0.2) is 15.0 Å². The van der Waals surface area contributed by atoms with Crippen molar-refractivity contribution < 1.29 is 0 Å². The molecule has 1 aromatic heterocycles. The van der Waals surface area contributed by atoms with E-state index in [1.807, 2.05) is 42.5 Å². The molecule has 0 spiro atoms. The molecule has 0 bridgehead atoms. The molecule has 0 amide bonds. The lowest BCUT2D eigenvalue weighted by atomic mass is 9.91. The van der Waals surface area contributed by atoms with E-state index in [0.29, 0.717) is 23.2 Å². The first-order valence-electron chi connectivity index (χ1n) is 24.9. The van der Waals surface area contributed by atoms with E-state index in [9.17, 15) is 0 Å². The van der Waals surface area contributed by atoms with E-state index in [-0.39, 0.29) is 0 Å². The highest BCUT2D eigenvalue weighted by Gasteiger charge is 2.22. The SMILES string of the molecule is [C-]#[N+]c1cc(-c2cccc(-c3ccc(-c4nc(-c5ccccc5)nc(-c5ccccc5-c5cc6ccccc6c6ccccc56)n4)cc3)c2)cc(-c2cccc(-c3ccc4c(c3)-c3cccc5cccc-4c35)c2)c1. The Labute approximate surface area is 429 Å². The molecule has 0 saturated carbocycles. The molecule has 1 aliphatic rings. The fraction of sp³-hybridized carbons (Fsp3) is 0. The summed E-state index contributed by atoms with van der Waals surface area (Å²) < 4.78 is 0. The second-order valence-electron chi connectivity index (χ2n) is 19.0. The highest BCUT2D eigenvalue weighted by atomic mass is 15.0. The van der Waals surface area contributed by atoms with Crippen LogP contribution in [0, 0.1) is 6.57 Å². The van der Waals surface area contributed by atoms with Gasteiger partial charge in [-0.05, 0) is 153 Å². The van der Waals surface area contributed by atoms with E-state index in [1.165, 1.54) is 60.1 Å². The second kappa shape index (κ2) is 17.6. The van der Waals surface area contributed by atoms with E-state index in [1.54, 1.807) is 0 Å². The van der Waals surface area contributed by atoms with Gasteiger partial charge in [-0.2, -0.15) is 0 Å².